The molecule has 1 amide bonds. The van der Waals surface area contributed by atoms with Gasteiger partial charge in [0.2, 0.25) is 5.91 Å². The number of nitrogens with one attached hydrogen (secondary N) is 1. The Hall–Kier alpha value is -1.20. The predicted octanol–water partition coefficient (Wildman–Crippen LogP) is 0.669. The number of anilines is 1. The van der Waals surface area contributed by atoms with Crippen LogP contribution in [-0.2, 0) is 15.6 Å². The van der Waals surface area contributed by atoms with E-state index >= 15 is 0 Å². The van der Waals surface area contributed by atoms with Crippen LogP contribution in [0, 0.1) is 0 Å². The van der Waals surface area contributed by atoms with Crippen molar-refractivity contribution < 1.29 is 9.00 Å². The number of nitrogens with two attached hydrogens (primary N) is 1. The largest absolute Gasteiger partial charge is 0.326 e. The molecule has 0 radical (unpaired) electrons. The molecule has 1 atom stereocenters. The number of carbonyl (C=O) groups is 1. The van der Waals surface area contributed by atoms with E-state index in [1.165, 1.54) is 6.92 Å². The fourth-order valence-electron chi connectivity index (χ4n) is 0.990. The molecule has 5 heteroatoms. The number of benzene rings is 1. The van der Waals surface area contributed by atoms with E-state index in [1.807, 2.05) is 0 Å². The van der Waals surface area contributed by atoms with Gasteiger partial charge in [0, 0.05) is 17.5 Å². The highest BCUT2D eigenvalue weighted by molar-refractivity contribution is 7.85. The van der Waals surface area contributed by atoms with E-state index in [2.05, 4.69) is 5.32 Å². The Labute approximate surface area is 85.0 Å². The molecule has 0 aliphatic heterocycles. The summed E-state index contributed by atoms with van der Waals surface area (Å²) in [6.07, 6.45) is 0. The molecule has 0 aromatic heterocycles. The lowest BCUT2D eigenvalue weighted by atomic mass is 10.3. The maximum Gasteiger partial charge on any atom is 0.221 e. The average Bonchev–Trinajstić information content (AvgIpc) is 2.17. The first-order valence-electron chi connectivity index (χ1n) is 4.09. The number of hydrogen-bond acceptors (Lipinski definition) is 3. The van der Waals surface area contributed by atoms with Gasteiger partial charge in [0.15, 0.2) is 0 Å². The first-order valence-corrected chi connectivity index (χ1v) is 5.41. The van der Waals surface area contributed by atoms with Gasteiger partial charge in [0.05, 0.1) is 16.7 Å². The van der Waals surface area contributed by atoms with Crippen LogP contribution in [0.15, 0.2) is 29.2 Å². The summed E-state index contributed by atoms with van der Waals surface area (Å²) in [5, 5.41) is 2.62. The molecule has 4 nitrogen and oxygen atoms in total. The van der Waals surface area contributed by atoms with E-state index in [0.717, 1.165) is 0 Å². The van der Waals surface area contributed by atoms with Crippen molar-refractivity contribution in [1.29, 1.82) is 0 Å². The van der Waals surface area contributed by atoms with Crippen LogP contribution in [0.25, 0.3) is 0 Å². The van der Waals surface area contributed by atoms with Crippen molar-refractivity contribution in [3.63, 3.8) is 0 Å². The molecule has 0 saturated carbocycles. The van der Waals surface area contributed by atoms with Gasteiger partial charge in [-0.05, 0) is 24.3 Å². The van der Waals surface area contributed by atoms with Gasteiger partial charge >= 0.3 is 0 Å². The molecule has 1 unspecified atom stereocenters. The van der Waals surface area contributed by atoms with Crippen LogP contribution < -0.4 is 11.1 Å². The molecule has 76 valence electrons. The molecule has 1 aromatic carbocycles. The molecular weight excluding hydrogens is 200 g/mol. The van der Waals surface area contributed by atoms with Gasteiger partial charge in [-0.15, -0.1) is 0 Å². The van der Waals surface area contributed by atoms with Crippen LogP contribution in [0.4, 0.5) is 5.69 Å². The zero-order valence-electron chi connectivity index (χ0n) is 7.82. The summed E-state index contributed by atoms with van der Waals surface area (Å²) in [5.74, 6) is -0.0165. The summed E-state index contributed by atoms with van der Waals surface area (Å²) in [4.78, 5) is 11.4. The Morgan fingerprint density at radius 2 is 2.00 bits per heavy atom. The minimum Gasteiger partial charge on any atom is -0.326 e. The average molecular weight is 212 g/mol. The molecule has 0 bridgehead atoms. The van der Waals surface area contributed by atoms with Crippen molar-refractivity contribution in [3.05, 3.63) is 24.3 Å². The first-order chi connectivity index (χ1) is 6.63. The van der Waals surface area contributed by atoms with Crippen LogP contribution in [0.3, 0.4) is 0 Å². The van der Waals surface area contributed by atoms with Crippen LogP contribution >= 0.6 is 0 Å². The standard InChI is InChI=1S/C9H12N2O2S/c1-7(12)11-8-2-4-9(5-3-8)14(13)6-10/h2-5H,6,10H2,1H3,(H,11,12). The van der Waals surface area contributed by atoms with Gasteiger partial charge < -0.3 is 11.1 Å². The molecule has 1 rings (SSSR count). The molecule has 0 aliphatic rings. The smallest absolute Gasteiger partial charge is 0.221 e. The van der Waals surface area contributed by atoms with Crippen molar-refractivity contribution in [2.75, 3.05) is 11.2 Å². The van der Waals surface area contributed by atoms with Crippen LogP contribution in [-0.4, -0.2) is 16.0 Å². The highest BCUT2D eigenvalue weighted by Gasteiger charge is 2.01. The minimum atomic E-state index is -1.15. The SMILES string of the molecule is CC(=O)Nc1ccc(S(=O)CN)cc1. The Kier molecular flexibility index (Phi) is 3.79. The van der Waals surface area contributed by atoms with E-state index in [-0.39, 0.29) is 11.8 Å². The summed E-state index contributed by atoms with van der Waals surface area (Å²) in [6, 6.07) is 6.77. The Morgan fingerprint density at radius 1 is 1.43 bits per heavy atom. The number of carbonyl (C=O) groups excluding carboxylic acids is 1. The first kappa shape index (κ1) is 10.9. The predicted molar refractivity (Wildman–Crippen MR) is 56.2 cm³/mol. The summed E-state index contributed by atoms with van der Waals surface area (Å²) >= 11 is 0. The summed E-state index contributed by atoms with van der Waals surface area (Å²) in [6.45, 7) is 1.44. The Balaban J connectivity index is 2.78. The maximum atomic E-state index is 11.2. The van der Waals surface area contributed by atoms with Crippen molar-refractivity contribution in [2.45, 2.75) is 11.8 Å². The second-order valence-corrected chi connectivity index (χ2v) is 4.21. The molecule has 0 saturated heterocycles. The third-order valence-corrected chi connectivity index (χ3v) is 2.69. The lowest BCUT2D eigenvalue weighted by Gasteiger charge is -2.03. The lowest BCUT2D eigenvalue weighted by Crippen LogP contribution is -2.08. The fraction of sp³-hybridized carbons (Fsp3) is 0.222. The number of rotatable bonds is 3. The fourth-order valence-corrected chi connectivity index (χ4v) is 1.62. The number of amides is 1. The topological polar surface area (TPSA) is 72.2 Å². The van der Waals surface area contributed by atoms with Crippen LogP contribution in [0.5, 0.6) is 0 Å². The zero-order valence-corrected chi connectivity index (χ0v) is 8.64. The molecule has 0 spiro atoms. The minimum absolute atomic E-state index is 0.111. The number of hydrogen-bond donors (Lipinski definition) is 2. The summed E-state index contributed by atoms with van der Waals surface area (Å²) < 4.78 is 11.2. The third-order valence-electron chi connectivity index (χ3n) is 1.59. The lowest BCUT2D eigenvalue weighted by molar-refractivity contribution is -0.114. The van der Waals surface area contributed by atoms with E-state index in [4.69, 9.17) is 5.73 Å². The monoisotopic (exact) mass is 212 g/mol. The molecule has 0 aliphatic carbocycles. The van der Waals surface area contributed by atoms with Gasteiger partial charge in [0.1, 0.15) is 0 Å². The van der Waals surface area contributed by atoms with Gasteiger partial charge in [-0.25, -0.2) is 0 Å². The van der Waals surface area contributed by atoms with Gasteiger partial charge in [-0.1, -0.05) is 0 Å². The van der Waals surface area contributed by atoms with Gasteiger partial charge in [-0.2, -0.15) is 0 Å². The highest BCUT2D eigenvalue weighted by atomic mass is 32.2. The molecule has 3 N–H and O–H groups in total. The van der Waals surface area contributed by atoms with Crippen molar-refractivity contribution in [1.82, 2.24) is 0 Å². The highest BCUT2D eigenvalue weighted by Crippen LogP contribution is 2.11. The second-order valence-electron chi connectivity index (χ2n) is 2.72. The normalized spacial score (nSPS) is 12.1. The molecule has 0 fully saturated rings. The van der Waals surface area contributed by atoms with E-state index in [9.17, 15) is 9.00 Å². The molecule has 1 aromatic rings. The zero-order chi connectivity index (χ0) is 10.6. The third kappa shape index (κ3) is 2.93. The van der Waals surface area contributed by atoms with Crippen molar-refractivity contribution in [3.8, 4) is 0 Å². The van der Waals surface area contributed by atoms with Crippen molar-refractivity contribution >= 4 is 22.4 Å². The van der Waals surface area contributed by atoms with Crippen molar-refractivity contribution in [2.24, 2.45) is 5.73 Å². The maximum absolute atomic E-state index is 11.2. The van der Waals surface area contributed by atoms with Gasteiger partial charge in [-0.3, -0.25) is 9.00 Å². The quantitative estimate of drug-likeness (QED) is 0.773. The Morgan fingerprint density at radius 3 is 2.43 bits per heavy atom. The molecular formula is C9H12N2O2S. The summed E-state index contributed by atoms with van der Waals surface area (Å²) in [7, 11) is -1.15. The molecule has 0 heterocycles. The molecule has 14 heavy (non-hydrogen) atoms. The Bertz CT molecular complexity index is 348. The van der Waals surface area contributed by atoms with Crippen LogP contribution in [0.2, 0.25) is 0 Å². The summed E-state index contributed by atoms with van der Waals surface area (Å²) in [5.41, 5.74) is 5.94. The van der Waals surface area contributed by atoms with Crippen LogP contribution in [0.1, 0.15) is 6.92 Å². The van der Waals surface area contributed by atoms with Gasteiger partial charge in [0.25, 0.3) is 0 Å². The van der Waals surface area contributed by atoms with E-state index in [1.54, 1.807) is 24.3 Å². The van der Waals surface area contributed by atoms with E-state index < -0.39 is 10.8 Å². The second kappa shape index (κ2) is 4.88. The van der Waals surface area contributed by atoms with E-state index in [0.29, 0.717) is 10.6 Å².